The molecule has 112 valence electrons. The van der Waals surface area contributed by atoms with E-state index in [9.17, 15) is 22.7 Å². The SMILES string of the molecule is CC(O)(Cc1ccc(C(F)(F)F)cc1)c1ccc(F)cc1. The van der Waals surface area contributed by atoms with Crippen LogP contribution in [-0.2, 0) is 18.2 Å². The van der Waals surface area contributed by atoms with Crippen LogP contribution in [0.5, 0.6) is 0 Å². The Bertz CT molecular complexity index is 598. The van der Waals surface area contributed by atoms with Crippen molar-refractivity contribution in [1.82, 2.24) is 0 Å². The maximum atomic E-state index is 12.9. The van der Waals surface area contributed by atoms with Crippen molar-refractivity contribution in [1.29, 1.82) is 0 Å². The lowest BCUT2D eigenvalue weighted by Crippen LogP contribution is -2.24. The summed E-state index contributed by atoms with van der Waals surface area (Å²) in [7, 11) is 0. The Hall–Kier alpha value is -1.88. The van der Waals surface area contributed by atoms with Crippen molar-refractivity contribution in [3.05, 3.63) is 71.0 Å². The van der Waals surface area contributed by atoms with Gasteiger partial charge in [0, 0.05) is 6.42 Å². The molecule has 1 nitrogen and oxygen atoms in total. The molecule has 0 radical (unpaired) electrons. The van der Waals surface area contributed by atoms with E-state index in [1.54, 1.807) is 0 Å². The second-order valence-corrected chi connectivity index (χ2v) is 5.15. The molecule has 1 unspecified atom stereocenters. The molecule has 0 saturated carbocycles. The first-order chi connectivity index (χ1) is 9.68. The van der Waals surface area contributed by atoms with Gasteiger partial charge in [0.25, 0.3) is 0 Å². The van der Waals surface area contributed by atoms with Crippen LogP contribution in [-0.4, -0.2) is 5.11 Å². The third-order valence-electron chi connectivity index (χ3n) is 3.30. The van der Waals surface area contributed by atoms with Crippen LogP contribution in [0.4, 0.5) is 17.6 Å². The monoisotopic (exact) mass is 298 g/mol. The van der Waals surface area contributed by atoms with E-state index < -0.39 is 23.2 Å². The summed E-state index contributed by atoms with van der Waals surface area (Å²) >= 11 is 0. The number of benzene rings is 2. The first kappa shape index (κ1) is 15.5. The summed E-state index contributed by atoms with van der Waals surface area (Å²) in [6.45, 7) is 1.54. The van der Waals surface area contributed by atoms with Crippen LogP contribution < -0.4 is 0 Å². The van der Waals surface area contributed by atoms with Gasteiger partial charge in [0.15, 0.2) is 0 Å². The summed E-state index contributed by atoms with van der Waals surface area (Å²) in [5, 5.41) is 10.4. The minimum atomic E-state index is -4.38. The molecule has 0 aliphatic rings. The van der Waals surface area contributed by atoms with Gasteiger partial charge in [0.05, 0.1) is 11.2 Å². The van der Waals surface area contributed by atoms with Crippen LogP contribution in [0.15, 0.2) is 48.5 Å². The Labute approximate surface area is 119 Å². The summed E-state index contributed by atoms with van der Waals surface area (Å²) in [5.41, 5.74) is -0.943. The minimum Gasteiger partial charge on any atom is -0.385 e. The van der Waals surface area contributed by atoms with Gasteiger partial charge in [-0.15, -0.1) is 0 Å². The smallest absolute Gasteiger partial charge is 0.385 e. The summed E-state index contributed by atoms with van der Waals surface area (Å²) < 4.78 is 50.3. The van der Waals surface area contributed by atoms with Crippen LogP contribution in [0.25, 0.3) is 0 Å². The lowest BCUT2D eigenvalue weighted by Gasteiger charge is -2.24. The van der Waals surface area contributed by atoms with Crippen LogP contribution >= 0.6 is 0 Å². The standard InChI is InChI=1S/C16H14F4O/c1-15(21,12-6-8-14(17)9-7-12)10-11-2-4-13(5-3-11)16(18,19)20/h2-9,21H,10H2,1H3. The van der Waals surface area contributed by atoms with Gasteiger partial charge in [-0.1, -0.05) is 24.3 Å². The highest BCUT2D eigenvalue weighted by Gasteiger charge is 2.30. The molecule has 2 aromatic carbocycles. The quantitative estimate of drug-likeness (QED) is 0.838. The Kier molecular flexibility index (Phi) is 4.05. The van der Waals surface area contributed by atoms with E-state index in [-0.39, 0.29) is 6.42 Å². The van der Waals surface area contributed by atoms with Crippen molar-refractivity contribution in [2.75, 3.05) is 0 Å². The van der Waals surface area contributed by atoms with Gasteiger partial charge >= 0.3 is 6.18 Å². The number of aliphatic hydroxyl groups is 1. The fourth-order valence-electron chi connectivity index (χ4n) is 2.12. The normalized spacial score (nSPS) is 14.8. The number of halogens is 4. The molecule has 0 spiro atoms. The summed E-state index contributed by atoms with van der Waals surface area (Å²) in [4.78, 5) is 0. The maximum absolute atomic E-state index is 12.9. The zero-order valence-electron chi connectivity index (χ0n) is 11.3. The van der Waals surface area contributed by atoms with Crippen molar-refractivity contribution < 1.29 is 22.7 Å². The third-order valence-corrected chi connectivity index (χ3v) is 3.30. The van der Waals surface area contributed by atoms with Gasteiger partial charge in [-0.05, 0) is 42.3 Å². The van der Waals surface area contributed by atoms with Crippen molar-refractivity contribution in [3.8, 4) is 0 Å². The first-order valence-corrected chi connectivity index (χ1v) is 6.33. The fourth-order valence-corrected chi connectivity index (χ4v) is 2.12. The highest BCUT2D eigenvalue weighted by Crippen LogP contribution is 2.31. The number of alkyl halides is 3. The van der Waals surface area contributed by atoms with Gasteiger partial charge in [-0.25, -0.2) is 4.39 Å². The molecule has 0 aromatic heterocycles. The zero-order valence-corrected chi connectivity index (χ0v) is 11.3. The van der Waals surface area contributed by atoms with Gasteiger partial charge in [-0.3, -0.25) is 0 Å². The molecule has 0 heterocycles. The lowest BCUT2D eigenvalue weighted by atomic mass is 9.89. The summed E-state index contributed by atoms with van der Waals surface area (Å²) in [5.74, 6) is -0.413. The minimum absolute atomic E-state index is 0.136. The number of hydrogen-bond donors (Lipinski definition) is 1. The molecular weight excluding hydrogens is 284 g/mol. The molecule has 5 heteroatoms. The van der Waals surface area contributed by atoms with Crippen LogP contribution in [0, 0.1) is 5.82 Å². The molecule has 2 rings (SSSR count). The molecule has 1 N–H and O–H groups in total. The number of rotatable bonds is 3. The molecular formula is C16H14F4O. The molecule has 0 fully saturated rings. The lowest BCUT2D eigenvalue weighted by molar-refractivity contribution is -0.137. The van der Waals surface area contributed by atoms with Gasteiger partial charge < -0.3 is 5.11 Å². The van der Waals surface area contributed by atoms with Gasteiger partial charge in [0.1, 0.15) is 5.82 Å². The van der Waals surface area contributed by atoms with E-state index in [1.165, 1.54) is 43.3 Å². The first-order valence-electron chi connectivity index (χ1n) is 6.33. The number of hydrogen-bond acceptors (Lipinski definition) is 1. The fraction of sp³-hybridized carbons (Fsp3) is 0.250. The van der Waals surface area contributed by atoms with Crippen molar-refractivity contribution in [3.63, 3.8) is 0 Å². The van der Waals surface area contributed by atoms with E-state index in [2.05, 4.69) is 0 Å². The van der Waals surface area contributed by atoms with Crippen molar-refractivity contribution in [2.24, 2.45) is 0 Å². The van der Waals surface area contributed by atoms with Gasteiger partial charge in [0.2, 0.25) is 0 Å². The van der Waals surface area contributed by atoms with Crippen LogP contribution in [0.3, 0.4) is 0 Å². The predicted octanol–water partition coefficient (Wildman–Crippen LogP) is 4.29. The van der Waals surface area contributed by atoms with E-state index in [1.807, 2.05) is 0 Å². The van der Waals surface area contributed by atoms with Crippen molar-refractivity contribution >= 4 is 0 Å². The molecule has 2 aromatic rings. The Morgan fingerprint density at radius 2 is 1.33 bits per heavy atom. The van der Waals surface area contributed by atoms with Gasteiger partial charge in [-0.2, -0.15) is 13.2 Å². The summed E-state index contributed by atoms with van der Waals surface area (Å²) in [6, 6.07) is 10.0. The topological polar surface area (TPSA) is 20.2 Å². The average Bonchev–Trinajstić information content (AvgIpc) is 2.38. The van der Waals surface area contributed by atoms with Crippen molar-refractivity contribution in [2.45, 2.75) is 25.1 Å². The molecule has 0 saturated heterocycles. The van der Waals surface area contributed by atoms with E-state index in [0.717, 1.165) is 12.1 Å². The highest BCUT2D eigenvalue weighted by molar-refractivity contribution is 5.29. The Morgan fingerprint density at radius 3 is 1.81 bits per heavy atom. The second kappa shape index (κ2) is 5.48. The molecule has 1 atom stereocenters. The molecule has 21 heavy (non-hydrogen) atoms. The van der Waals surface area contributed by atoms with Crippen LogP contribution in [0.1, 0.15) is 23.6 Å². The molecule has 0 bridgehead atoms. The molecule has 0 amide bonds. The second-order valence-electron chi connectivity index (χ2n) is 5.15. The molecule has 0 aliphatic carbocycles. The summed E-state index contributed by atoms with van der Waals surface area (Å²) in [6.07, 6.45) is -4.24. The van der Waals surface area contributed by atoms with E-state index in [4.69, 9.17) is 0 Å². The van der Waals surface area contributed by atoms with E-state index in [0.29, 0.717) is 11.1 Å². The Balaban J connectivity index is 2.18. The molecule has 0 aliphatic heterocycles. The highest BCUT2D eigenvalue weighted by atomic mass is 19.4. The maximum Gasteiger partial charge on any atom is 0.416 e. The third kappa shape index (κ3) is 3.82. The zero-order chi connectivity index (χ0) is 15.7. The Morgan fingerprint density at radius 1 is 0.857 bits per heavy atom. The largest absolute Gasteiger partial charge is 0.416 e. The average molecular weight is 298 g/mol. The predicted molar refractivity (Wildman–Crippen MR) is 71.1 cm³/mol. The van der Waals surface area contributed by atoms with E-state index >= 15 is 0 Å². The van der Waals surface area contributed by atoms with Crippen LogP contribution in [0.2, 0.25) is 0 Å².